The van der Waals surface area contributed by atoms with Crippen molar-refractivity contribution < 1.29 is 14.3 Å². The number of aromatic carboxylic acids is 1. The second-order valence-corrected chi connectivity index (χ2v) is 3.35. The molecule has 0 saturated heterocycles. The van der Waals surface area contributed by atoms with Crippen molar-refractivity contribution in [1.82, 2.24) is 4.98 Å². The van der Waals surface area contributed by atoms with E-state index in [4.69, 9.17) is 9.52 Å². The average molecular weight is 217 g/mol. The van der Waals surface area contributed by atoms with Crippen LogP contribution in [0.4, 0.5) is 0 Å². The molecule has 2 aromatic rings. The fourth-order valence-electron chi connectivity index (χ4n) is 1.53. The number of rotatable bonds is 3. The van der Waals surface area contributed by atoms with Gasteiger partial charge in [-0.1, -0.05) is 25.1 Å². The molecule has 4 nitrogen and oxygen atoms in total. The van der Waals surface area contributed by atoms with E-state index in [0.717, 1.165) is 23.8 Å². The monoisotopic (exact) mass is 217 g/mol. The van der Waals surface area contributed by atoms with E-state index in [1.165, 1.54) is 0 Å². The van der Waals surface area contributed by atoms with Gasteiger partial charge in [0.25, 0.3) is 0 Å². The molecule has 0 aliphatic carbocycles. The summed E-state index contributed by atoms with van der Waals surface area (Å²) in [6, 6.07) is 7.65. The standard InChI is InChI=1S/C12H11NO3/c1-2-8-5-3-4-6-9(8)11-13-10(7-16-11)12(14)15/h3-7H,2H2,1H3,(H,14,15). The summed E-state index contributed by atoms with van der Waals surface area (Å²) in [5, 5.41) is 8.75. The first-order valence-electron chi connectivity index (χ1n) is 4.99. The van der Waals surface area contributed by atoms with E-state index >= 15 is 0 Å². The Hall–Kier alpha value is -2.10. The van der Waals surface area contributed by atoms with Gasteiger partial charge in [0.1, 0.15) is 6.26 Å². The molecule has 2 rings (SSSR count). The lowest BCUT2D eigenvalue weighted by molar-refractivity contribution is 0.0690. The van der Waals surface area contributed by atoms with E-state index in [1.54, 1.807) is 0 Å². The molecule has 0 spiro atoms. The van der Waals surface area contributed by atoms with Gasteiger partial charge in [-0.2, -0.15) is 0 Å². The normalized spacial score (nSPS) is 10.3. The van der Waals surface area contributed by atoms with Crippen molar-refractivity contribution in [3.05, 3.63) is 41.8 Å². The number of hydrogen-bond donors (Lipinski definition) is 1. The molecule has 0 radical (unpaired) electrons. The van der Waals surface area contributed by atoms with Gasteiger partial charge in [0.2, 0.25) is 5.89 Å². The Morgan fingerprint density at radius 3 is 2.81 bits per heavy atom. The molecule has 16 heavy (non-hydrogen) atoms. The fraction of sp³-hybridized carbons (Fsp3) is 0.167. The molecule has 1 heterocycles. The van der Waals surface area contributed by atoms with E-state index in [0.29, 0.717) is 5.89 Å². The second-order valence-electron chi connectivity index (χ2n) is 3.35. The molecule has 0 amide bonds. The van der Waals surface area contributed by atoms with Crippen LogP contribution in [0.3, 0.4) is 0 Å². The molecule has 0 fully saturated rings. The molecule has 82 valence electrons. The van der Waals surface area contributed by atoms with E-state index in [1.807, 2.05) is 31.2 Å². The molecule has 0 bridgehead atoms. The highest BCUT2D eigenvalue weighted by molar-refractivity contribution is 5.85. The number of carboxylic acids is 1. The SMILES string of the molecule is CCc1ccccc1-c1nc(C(=O)O)co1. The Bertz CT molecular complexity index is 516. The summed E-state index contributed by atoms with van der Waals surface area (Å²) in [5.74, 6) is -0.723. The van der Waals surface area contributed by atoms with Crippen molar-refractivity contribution in [3.63, 3.8) is 0 Å². The van der Waals surface area contributed by atoms with Crippen molar-refractivity contribution in [2.75, 3.05) is 0 Å². The minimum atomic E-state index is -1.08. The summed E-state index contributed by atoms with van der Waals surface area (Å²) in [5.41, 5.74) is 1.86. The van der Waals surface area contributed by atoms with Crippen molar-refractivity contribution in [2.45, 2.75) is 13.3 Å². The maximum atomic E-state index is 10.7. The summed E-state index contributed by atoms with van der Waals surface area (Å²) in [4.78, 5) is 14.6. The minimum Gasteiger partial charge on any atom is -0.476 e. The smallest absolute Gasteiger partial charge is 0.357 e. The summed E-state index contributed by atoms with van der Waals surface area (Å²) in [6.07, 6.45) is 2.01. The Kier molecular flexibility index (Phi) is 2.72. The van der Waals surface area contributed by atoms with E-state index in [9.17, 15) is 4.79 Å². The first-order chi connectivity index (χ1) is 7.72. The quantitative estimate of drug-likeness (QED) is 0.858. The van der Waals surface area contributed by atoms with Crippen LogP contribution in [0.2, 0.25) is 0 Å². The predicted octanol–water partition coefficient (Wildman–Crippen LogP) is 2.60. The lowest BCUT2D eigenvalue weighted by Gasteiger charge is -2.02. The van der Waals surface area contributed by atoms with Gasteiger partial charge in [0, 0.05) is 5.56 Å². The first-order valence-corrected chi connectivity index (χ1v) is 4.99. The Labute approximate surface area is 92.6 Å². The minimum absolute atomic E-state index is 0.0686. The number of nitrogens with zero attached hydrogens (tertiary/aromatic N) is 1. The number of carbonyl (C=O) groups is 1. The zero-order valence-corrected chi connectivity index (χ0v) is 8.80. The van der Waals surface area contributed by atoms with Gasteiger partial charge >= 0.3 is 5.97 Å². The number of carboxylic acid groups (broad SMARTS) is 1. The molecule has 0 unspecified atom stereocenters. The van der Waals surface area contributed by atoms with Crippen molar-refractivity contribution >= 4 is 5.97 Å². The molecular formula is C12H11NO3. The molecule has 4 heteroatoms. The molecular weight excluding hydrogens is 206 g/mol. The Morgan fingerprint density at radius 1 is 1.44 bits per heavy atom. The van der Waals surface area contributed by atoms with Gasteiger partial charge in [0.15, 0.2) is 5.69 Å². The van der Waals surface area contributed by atoms with Gasteiger partial charge in [-0.3, -0.25) is 0 Å². The van der Waals surface area contributed by atoms with E-state index in [2.05, 4.69) is 4.98 Å². The largest absolute Gasteiger partial charge is 0.476 e. The zero-order chi connectivity index (χ0) is 11.5. The molecule has 0 aliphatic heterocycles. The van der Waals surface area contributed by atoms with E-state index < -0.39 is 5.97 Å². The predicted molar refractivity (Wildman–Crippen MR) is 58.3 cm³/mol. The van der Waals surface area contributed by atoms with Gasteiger partial charge in [-0.15, -0.1) is 0 Å². The van der Waals surface area contributed by atoms with Gasteiger partial charge in [-0.25, -0.2) is 9.78 Å². The number of hydrogen-bond acceptors (Lipinski definition) is 3. The molecule has 1 aromatic heterocycles. The summed E-state index contributed by atoms with van der Waals surface area (Å²) in [7, 11) is 0. The maximum Gasteiger partial charge on any atom is 0.357 e. The highest BCUT2D eigenvalue weighted by atomic mass is 16.4. The topological polar surface area (TPSA) is 63.3 Å². The van der Waals surface area contributed by atoms with Crippen LogP contribution in [-0.2, 0) is 6.42 Å². The lowest BCUT2D eigenvalue weighted by Crippen LogP contribution is -1.96. The van der Waals surface area contributed by atoms with Crippen LogP contribution in [0.15, 0.2) is 34.9 Å². The third-order valence-corrected chi connectivity index (χ3v) is 2.35. The van der Waals surface area contributed by atoms with E-state index in [-0.39, 0.29) is 5.69 Å². The van der Waals surface area contributed by atoms with Gasteiger partial charge in [-0.05, 0) is 18.1 Å². The highest BCUT2D eigenvalue weighted by Crippen LogP contribution is 2.23. The summed E-state index contributed by atoms with van der Waals surface area (Å²) >= 11 is 0. The average Bonchev–Trinajstić information content (AvgIpc) is 2.78. The van der Waals surface area contributed by atoms with Crippen LogP contribution in [0.5, 0.6) is 0 Å². The van der Waals surface area contributed by atoms with Crippen LogP contribution < -0.4 is 0 Å². The zero-order valence-electron chi connectivity index (χ0n) is 8.80. The number of oxazole rings is 1. The van der Waals surface area contributed by atoms with Crippen LogP contribution in [0.25, 0.3) is 11.5 Å². The maximum absolute atomic E-state index is 10.7. The van der Waals surface area contributed by atoms with Crippen molar-refractivity contribution in [1.29, 1.82) is 0 Å². The lowest BCUT2D eigenvalue weighted by atomic mass is 10.1. The number of aromatic nitrogens is 1. The molecule has 1 N–H and O–H groups in total. The third kappa shape index (κ3) is 1.82. The molecule has 1 aromatic carbocycles. The second kappa shape index (κ2) is 4.18. The molecule has 0 saturated carbocycles. The fourth-order valence-corrected chi connectivity index (χ4v) is 1.53. The number of benzene rings is 1. The van der Waals surface area contributed by atoms with Crippen LogP contribution >= 0.6 is 0 Å². The van der Waals surface area contributed by atoms with Crippen LogP contribution in [0, 0.1) is 0 Å². The van der Waals surface area contributed by atoms with Crippen LogP contribution in [0.1, 0.15) is 23.0 Å². The van der Waals surface area contributed by atoms with Gasteiger partial charge < -0.3 is 9.52 Å². The van der Waals surface area contributed by atoms with Gasteiger partial charge in [0.05, 0.1) is 0 Å². The summed E-state index contributed by atoms with van der Waals surface area (Å²) in [6.45, 7) is 2.03. The molecule has 0 aliphatic rings. The van der Waals surface area contributed by atoms with Crippen molar-refractivity contribution in [3.8, 4) is 11.5 Å². The summed E-state index contributed by atoms with van der Waals surface area (Å²) < 4.78 is 5.16. The first kappa shape index (κ1) is 10.4. The Morgan fingerprint density at radius 2 is 2.19 bits per heavy atom. The number of aryl methyl sites for hydroxylation is 1. The third-order valence-electron chi connectivity index (χ3n) is 2.35. The highest BCUT2D eigenvalue weighted by Gasteiger charge is 2.13. The molecule has 0 atom stereocenters. The van der Waals surface area contributed by atoms with Crippen LogP contribution in [-0.4, -0.2) is 16.1 Å². The Balaban J connectivity index is 2.46. The van der Waals surface area contributed by atoms with Crippen molar-refractivity contribution in [2.24, 2.45) is 0 Å².